The third-order valence-corrected chi connectivity index (χ3v) is 6.03. The number of halogens is 1. The molecule has 3 nitrogen and oxygen atoms in total. The zero-order valence-corrected chi connectivity index (χ0v) is 16.3. The fraction of sp³-hybridized carbons (Fsp3) is 0.417. The molecule has 2 atom stereocenters. The number of rotatable bonds is 7. The highest BCUT2D eigenvalue weighted by atomic mass is 19.1. The number of aliphatic hydroxyl groups excluding tert-OH is 1. The Hall–Kier alpha value is -2.17. The van der Waals surface area contributed by atoms with Gasteiger partial charge in [0.25, 0.3) is 0 Å². The standard InChI is InChI=1S/C24H29FN2O/c25-21-11-12-23-22(15-21)19(16-26-23)9-4-5-13-27-14-6-10-20(17-27)24(28)18-7-2-1-3-8-18/h1-3,7-8,11-12,15-16,20,24,26,28H,4-6,9-10,13-14,17H2/t20-,24?/m0/s1. The van der Waals surface area contributed by atoms with Gasteiger partial charge in [-0.1, -0.05) is 30.3 Å². The molecule has 1 unspecified atom stereocenters. The number of aryl methyl sites for hydroxylation is 1. The molecule has 2 aromatic carbocycles. The third-order valence-electron chi connectivity index (χ3n) is 6.03. The molecule has 1 saturated heterocycles. The van der Waals surface area contributed by atoms with Crippen LogP contribution < -0.4 is 0 Å². The Morgan fingerprint density at radius 3 is 2.86 bits per heavy atom. The van der Waals surface area contributed by atoms with E-state index in [9.17, 15) is 9.50 Å². The van der Waals surface area contributed by atoms with Crippen molar-refractivity contribution in [2.75, 3.05) is 19.6 Å². The van der Waals surface area contributed by atoms with Gasteiger partial charge in [0.2, 0.25) is 0 Å². The molecule has 2 N–H and O–H groups in total. The Morgan fingerprint density at radius 1 is 1.14 bits per heavy atom. The first kappa shape index (κ1) is 19.2. The van der Waals surface area contributed by atoms with Gasteiger partial charge in [0, 0.05) is 29.6 Å². The number of fused-ring (bicyclic) bond motifs is 1. The number of nitrogens with zero attached hydrogens (tertiary/aromatic N) is 1. The van der Waals surface area contributed by atoms with Crippen LogP contribution in [0.25, 0.3) is 10.9 Å². The van der Waals surface area contributed by atoms with Crippen molar-refractivity contribution >= 4 is 10.9 Å². The molecule has 0 spiro atoms. The van der Waals surface area contributed by atoms with Gasteiger partial charge in [-0.3, -0.25) is 0 Å². The summed E-state index contributed by atoms with van der Waals surface area (Å²) in [6, 6.07) is 15.0. The number of H-pyrrole nitrogens is 1. The van der Waals surface area contributed by atoms with E-state index < -0.39 is 0 Å². The molecule has 28 heavy (non-hydrogen) atoms. The Balaban J connectivity index is 1.26. The molecule has 0 radical (unpaired) electrons. The lowest BCUT2D eigenvalue weighted by molar-refractivity contribution is 0.0498. The number of aliphatic hydroxyl groups is 1. The first-order chi connectivity index (χ1) is 13.7. The van der Waals surface area contributed by atoms with Crippen LogP contribution in [0.4, 0.5) is 4.39 Å². The molecule has 1 aliphatic rings. The predicted octanol–water partition coefficient (Wildman–Crippen LogP) is 5.08. The van der Waals surface area contributed by atoms with E-state index in [4.69, 9.17) is 0 Å². The van der Waals surface area contributed by atoms with Crippen molar-refractivity contribution in [1.82, 2.24) is 9.88 Å². The lowest BCUT2D eigenvalue weighted by Crippen LogP contribution is -2.38. The van der Waals surface area contributed by atoms with Gasteiger partial charge < -0.3 is 15.0 Å². The summed E-state index contributed by atoms with van der Waals surface area (Å²) in [5, 5.41) is 11.7. The SMILES string of the molecule is OC(c1ccccc1)[C@H]1CCCN(CCCCc2c[nH]c3ccc(F)cc23)C1. The van der Waals surface area contributed by atoms with Crippen molar-refractivity contribution in [1.29, 1.82) is 0 Å². The minimum absolute atomic E-state index is 0.176. The van der Waals surface area contributed by atoms with Gasteiger partial charge >= 0.3 is 0 Å². The van der Waals surface area contributed by atoms with Crippen LogP contribution in [0.15, 0.2) is 54.7 Å². The smallest absolute Gasteiger partial charge is 0.123 e. The summed E-state index contributed by atoms with van der Waals surface area (Å²) < 4.78 is 13.5. The molecule has 0 aliphatic carbocycles. The fourth-order valence-corrected chi connectivity index (χ4v) is 4.48. The van der Waals surface area contributed by atoms with Crippen LogP contribution in [0.1, 0.15) is 42.9 Å². The molecule has 1 fully saturated rings. The predicted molar refractivity (Wildman–Crippen MR) is 112 cm³/mol. The zero-order chi connectivity index (χ0) is 19.3. The molecule has 0 bridgehead atoms. The van der Waals surface area contributed by atoms with E-state index in [2.05, 4.69) is 9.88 Å². The van der Waals surface area contributed by atoms with Crippen molar-refractivity contribution in [2.24, 2.45) is 5.92 Å². The number of likely N-dealkylation sites (tertiary alicyclic amines) is 1. The molecule has 4 heteroatoms. The molecule has 4 rings (SSSR count). The minimum atomic E-state index is -0.370. The maximum absolute atomic E-state index is 13.5. The minimum Gasteiger partial charge on any atom is -0.388 e. The molecular formula is C24H29FN2O. The van der Waals surface area contributed by atoms with Crippen LogP contribution >= 0.6 is 0 Å². The van der Waals surface area contributed by atoms with Crippen LogP contribution in [-0.4, -0.2) is 34.6 Å². The third kappa shape index (κ3) is 4.45. The number of aromatic nitrogens is 1. The molecular weight excluding hydrogens is 351 g/mol. The van der Waals surface area contributed by atoms with E-state index in [0.717, 1.165) is 68.2 Å². The first-order valence-electron chi connectivity index (χ1n) is 10.4. The monoisotopic (exact) mass is 380 g/mol. The zero-order valence-electron chi connectivity index (χ0n) is 16.3. The quantitative estimate of drug-likeness (QED) is 0.562. The number of piperidine rings is 1. The maximum atomic E-state index is 13.5. The average Bonchev–Trinajstić information content (AvgIpc) is 3.13. The van der Waals surface area contributed by atoms with Crippen molar-refractivity contribution in [2.45, 2.75) is 38.2 Å². The van der Waals surface area contributed by atoms with Gasteiger partial charge in [0.15, 0.2) is 0 Å². The van der Waals surface area contributed by atoms with Gasteiger partial charge in [-0.25, -0.2) is 4.39 Å². The molecule has 148 valence electrons. The van der Waals surface area contributed by atoms with Gasteiger partial charge in [-0.2, -0.15) is 0 Å². The van der Waals surface area contributed by atoms with Gasteiger partial charge in [-0.05, 0) is 74.5 Å². The van der Waals surface area contributed by atoms with Gasteiger partial charge in [-0.15, -0.1) is 0 Å². The van der Waals surface area contributed by atoms with E-state index in [1.54, 1.807) is 12.1 Å². The van der Waals surface area contributed by atoms with E-state index in [1.807, 2.05) is 36.5 Å². The number of nitrogens with one attached hydrogen (secondary N) is 1. The van der Waals surface area contributed by atoms with Crippen LogP contribution in [0.3, 0.4) is 0 Å². The maximum Gasteiger partial charge on any atom is 0.123 e. The van der Waals surface area contributed by atoms with Gasteiger partial charge in [0.05, 0.1) is 6.10 Å². The molecule has 1 aromatic heterocycles. The van der Waals surface area contributed by atoms with E-state index >= 15 is 0 Å². The normalized spacial score (nSPS) is 19.1. The van der Waals surface area contributed by atoms with Crippen molar-refractivity contribution in [3.05, 3.63) is 71.7 Å². The second kappa shape index (κ2) is 8.89. The molecule has 0 saturated carbocycles. The second-order valence-electron chi connectivity index (χ2n) is 8.02. The van der Waals surface area contributed by atoms with Crippen LogP contribution in [-0.2, 0) is 6.42 Å². The molecule has 0 amide bonds. The number of hydrogen-bond donors (Lipinski definition) is 2. The topological polar surface area (TPSA) is 39.3 Å². The highest BCUT2D eigenvalue weighted by Crippen LogP contribution is 2.30. The van der Waals surface area contributed by atoms with E-state index in [0.29, 0.717) is 5.92 Å². The first-order valence-corrected chi connectivity index (χ1v) is 10.4. The average molecular weight is 381 g/mol. The number of benzene rings is 2. The molecule has 1 aliphatic heterocycles. The fourth-order valence-electron chi connectivity index (χ4n) is 4.48. The van der Waals surface area contributed by atoms with Crippen LogP contribution in [0.2, 0.25) is 0 Å². The Kier molecular flexibility index (Phi) is 6.08. The van der Waals surface area contributed by atoms with E-state index in [1.165, 1.54) is 11.6 Å². The Morgan fingerprint density at radius 2 is 2.00 bits per heavy atom. The lowest BCUT2D eigenvalue weighted by Gasteiger charge is -2.35. The van der Waals surface area contributed by atoms with Crippen LogP contribution in [0.5, 0.6) is 0 Å². The summed E-state index contributed by atoms with van der Waals surface area (Å²) in [5.74, 6) is 0.137. The number of aromatic amines is 1. The Bertz CT molecular complexity index is 892. The van der Waals surface area contributed by atoms with Gasteiger partial charge in [0.1, 0.15) is 5.82 Å². The molecule has 3 aromatic rings. The van der Waals surface area contributed by atoms with Crippen molar-refractivity contribution in [3.63, 3.8) is 0 Å². The summed E-state index contributed by atoms with van der Waals surface area (Å²) in [6.45, 7) is 3.15. The molecule has 2 heterocycles. The Labute approximate surface area is 166 Å². The highest BCUT2D eigenvalue weighted by molar-refractivity contribution is 5.83. The summed E-state index contributed by atoms with van der Waals surface area (Å²) in [4.78, 5) is 5.73. The van der Waals surface area contributed by atoms with Crippen molar-refractivity contribution in [3.8, 4) is 0 Å². The second-order valence-corrected chi connectivity index (χ2v) is 8.02. The summed E-state index contributed by atoms with van der Waals surface area (Å²) in [7, 11) is 0. The number of unbranched alkanes of at least 4 members (excludes halogenated alkanes) is 1. The van der Waals surface area contributed by atoms with Crippen LogP contribution in [0, 0.1) is 11.7 Å². The summed E-state index contributed by atoms with van der Waals surface area (Å²) >= 11 is 0. The largest absolute Gasteiger partial charge is 0.388 e. The summed E-state index contributed by atoms with van der Waals surface area (Å²) in [6.07, 6.45) is 7.06. The van der Waals surface area contributed by atoms with Crippen molar-refractivity contribution < 1.29 is 9.50 Å². The summed E-state index contributed by atoms with van der Waals surface area (Å²) in [5.41, 5.74) is 3.23. The number of hydrogen-bond acceptors (Lipinski definition) is 2. The highest BCUT2D eigenvalue weighted by Gasteiger charge is 2.26. The lowest BCUT2D eigenvalue weighted by atomic mass is 9.88. The van der Waals surface area contributed by atoms with E-state index in [-0.39, 0.29) is 11.9 Å².